The number of rotatable bonds is 2. The Balaban J connectivity index is 2.35. The van der Waals surface area contributed by atoms with Crippen molar-refractivity contribution in [1.82, 2.24) is 0 Å². The van der Waals surface area contributed by atoms with E-state index in [-0.39, 0.29) is 21.0 Å². The van der Waals surface area contributed by atoms with E-state index in [2.05, 4.69) is 13.2 Å². The molecule has 0 atom stereocenters. The molecule has 0 aromatic heterocycles. The van der Waals surface area contributed by atoms with Crippen LogP contribution in [0.1, 0.15) is 13.8 Å². The highest BCUT2D eigenvalue weighted by Crippen LogP contribution is 2.65. The summed E-state index contributed by atoms with van der Waals surface area (Å²) in [7, 11) is 0. The molecule has 0 N–H and O–H groups in total. The van der Waals surface area contributed by atoms with Gasteiger partial charge in [-0.2, -0.15) is 35.9 Å². The molecule has 2 aliphatic heterocycles. The number of allylic oxidation sites excluding steroid dienone is 8. The predicted molar refractivity (Wildman–Crippen MR) is 89.3 cm³/mol. The van der Waals surface area contributed by atoms with Crippen molar-refractivity contribution in [2.75, 3.05) is 0 Å². The molecule has 0 amide bonds. The lowest BCUT2D eigenvalue weighted by molar-refractivity contribution is -0.263. The van der Waals surface area contributed by atoms with Gasteiger partial charge in [0.15, 0.2) is 0 Å². The van der Waals surface area contributed by atoms with Gasteiger partial charge in [0.2, 0.25) is 0 Å². The maximum Gasteiger partial charge on any atom is 0.381 e. The van der Waals surface area contributed by atoms with Gasteiger partial charge >= 0.3 is 17.8 Å². The molecule has 3 rings (SSSR count). The largest absolute Gasteiger partial charge is 0.381 e. The van der Waals surface area contributed by atoms with Crippen LogP contribution in [0.15, 0.2) is 55.1 Å². The molecule has 0 aromatic rings. The first-order chi connectivity index (χ1) is 11.3. The molecule has 25 heavy (non-hydrogen) atoms. The Hall–Kier alpha value is -1.28. The number of hydrogen-bond donors (Lipinski definition) is 0. The quantitative estimate of drug-likeness (QED) is 0.378. The van der Waals surface area contributed by atoms with E-state index in [4.69, 9.17) is 0 Å². The zero-order valence-electron chi connectivity index (χ0n) is 13.2. The van der Waals surface area contributed by atoms with Crippen LogP contribution in [-0.4, -0.2) is 17.8 Å². The van der Waals surface area contributed by atoms with Crippen LogP contribution >= 0.6 is 23.5 Å². The minimum atomic E-state index is -5.53. The van der Waals surface area contributed by atoms with Gasteiger partial charge in [0, 0.05) is 18.9 Å². The molecule has 0 fully saturated rings. The highest BCUT2D eigenvalue weighted by atomic mass is 32.2. The van der Waals surface area contributed by atoms with Crippen LogP contribution < -0.4 is 0 Å². The number of alkyl halides is 6. The number of halogens is 6. The summed E-state index contributed by atoms with van der Waals surface area (Å²) >= 11 is 1.97. The van der Waals surface area contributed by atoms with Crippen LogP contribution in [0.25, 0.3) is 0 Å². The average molecular weight is 394 g/mol. The van der Waals surface area contributed by atoms with Crippen molar-refractivity contribution in [2.45, 2.75) is 31.6 Å². The van der Waals surface area contributed by atoms with Gasteiger partial charge < -0.3 is 0 Å². The summed E-state index contributed by atoms with van der Waals surface area (Å²) in [6.07, 6.45) is 2.29. The minimum absolute atomic E-state index is 0.230. The first kappa shape index (κ1) is 18.5. The SMILES string of the molecule is C=C1[CH+]C(C2=C(C3=C(C)SC(=C)[CH-]3)C(F)(F)C(F)(F)C2(F)F)=C(C)S1. The van der Waals surface area contributed by atoms with E-state index >= 15 is 0 Å². The maximum atomic E-state index is 14.5. The second-order valence-corrected chi connectivity index (χ2v) is 8.52. The lowest BCUT2D eigenvalue weighted by Gasteiger charge is -2.26. The summed E-state index contributed by atoms with van der Waals surface area (Å²) in [6.45, 7) is 9.99. The van der Waals surface area contributed by atoms with Gasteiger partial charge in [-0.25, -0.2) is 8.78 Å². The highest BCUT2D eigenvalue weighted by molar-refractivity contribution is 8.07. The summed E-state index contributed by atoms with van der Waals surface area (Å²) in [5.41, 5.74) is -3.29. The smallest absolute Gasteiger partial charge is 0.204 e. The molecule has 134 valence electrons. The molecular weight excluding hydrogens is 382 g/mol. The summed E-state index contributed by atoms with van der Waals surface area (Å²) in [4.78, 5) is 1.11. The fourth-order valence-electron chi connectivity index (χ4n) is 3.02. The molecule has 0 saturated carbocycles. The van der Waals surface area contributed by atoms with Crippen molar-refractivity contribution in [3.8, 4) is 0 Å². The van der Waals surface area contributed by atoms with Gasteiger partial charge in [-0.05, 0) is 18.3 Å². The molecular formula is C17H12F6S2. The average Bonchev–Trinajstić information content (AvgIpc) is 2.98. The zero-order chi connectivity index (χ0) is 18.9. The van der Waals surface area contributed by atoms with E-state index in [1.54, 1.807) is 0 Å². The van der Waals surface area contributed by atoms with Crippen LogP contribution in [0.4, 0.5) is 26.3 Å². The van der Waals surface area contributed by atoms with Crippen molar-refractivity contribution < 1.29 is 26.3 Å². The van der Waals surface area contributed by atoms with Gasteiger partial charge in [0.05, 0.1) is 15.4 Å². The lowest BCUT2D eigenvalue weighted by atomic mass is 9.91. The molecule has 0 radical (unpaired) electrons. The summed E-state index contributed by atoms with van der Waals surface area (Å²) in [5, 5.41) is 0. The molecule has 0 spiro atoms. The summed E-state index contributed by atoms with van der Waals surface area (Å²) in [6, 6.07) is 0. The third-order valence-corrected chi connectivity index (χ3v) is 5.96. The van der Waals surface area contributed by atoms with Crippen molar-refractivity contribution >= 4 is 23.5 Å². The van der Waals surface area contributed by atoms with Gasteiger partial charge in [-0.3, -0.25) is 0 Å². The third kappa shape index (κ3) is 2.33. The Morgan fingerprint density at radius 3 is 1.88 bits per heavy atom. The minimum Gasteiger partial charge on any atom is -0.204 e. The van der Waals surface area contributed by atoms with Gasteiger partial charge in [-0.1, -0.05) is 16.7 Å². The monoisotopic (exact) mass is 394 g/mol. The second-order valence-electron chi connectivity index (χ2n) is 5.84. The van der Waals surface area contributed by atoms with Gasteiger partial charge in [0.1, 0.15) is 5.57 Å². The fourth-order valence-corrected chi connectivity index (χ4v) is 4.70. The molecule has 3 aliphatic rings. The van der Waals surface area contributed by atoms with Crippen LogP contribution in [0.2, 0.25) is 0 Å². The standard InChI is InChI=1S/C17H12F6S2/c1-7-5-11(9(3)24-7)13-14(12-6-8(2)25-10(12)4)16(20,21)17(22,23)15(13,18)19/h5-6H,1-2H2,3-4H3. The molecule has 0 bridgehead atoms. The molecule has 1 aliphatic carbocycles. The molecule has 0 nitrogen and oxygen atoms in total. The summed E-state index contributed by atoms with van der Waals surface area (Å²) < 4.78 is 86.2. The Morgan fingerprint density at radius 2 is 1.44 bits per heavy atom. The Morgan fingerprint density at radius 1 is 0.880 bits per heavy atom. The number of hydrogen-bond acceptors (Lipinski definition) is 2. The molecule has 0 saturated heterocycles. The van der Waals surface area contributed by atoms with Crippen molar-refractivity contribution in [3.05, 3.63) is 67.9 Å². The second kappa shape index (κ2) is 5.36. The van der Waals surface area contributed by atoms with Gasteiger partial charge in [-0.15, -0.1) is 12.0 Å². The van der Waals surface area contributed by atoms with Crippen LogP contribution in [0, 0.1) is 12.8 Å². The van der Waals surface area contributed by atoms with E-state index in [9.17, 15) is 26.3 Å². The fraction of sp³-hybridized carbons (Fsp3) is 0.294. The molecule has 0 aromatic carbocycles. The molecule has 2 heterocycles. The van der Waals surface area contributed by atoms with E-state index in [1.807, 2.05) is 0 Å². The van der Waals surface area contributed by atoms with Crippen molar-refractivity contribution in [1.29, 1.82) is 0 Å². The van der Waals surface area contributed by atoms with Crippen molar-refractivity contribution in [3.63, 3.8) is 0 Å². The third-order valence-electron chi connectivity index (χ3n) is 4.14. The van der Waals surface area contributed by atoms with E-state index in [0.717, 1.165) is 36.4 Å². The number of thioether (sulfide) groups is 2. The molecule has 8 heteroatoms. The van der Waals surface area contributed by atoms with Crippen molar-refractivity contribution in [2.24, 2.45) is 0 Å². The highest BCUT2D eigenvalue weighted by Gasteiger charge is 2.81. The Kier molecular flexibility index (Phi) is 3.97. The first-order valence-corrected chi connectivity index (χ1v) is 8.70. The van der Waals surface area contributed by atoms with E-state index < -0.39 is 28.9 Å². The van der Waals surface area contributed by atoms with Crippen LogP contribution in [0.3, 0.4) is 0 Å². The van der Waals surface area contributed by atoms with Crippen LogP contribution in [0.5, 0.6) is 0 Å². The van der Waals surface area contributed by atoms with E-state index in [0.29, 0.717) is 9.81 Å². The first-order valence-electron chi connectivity index (χ1n) is 7.06. The topological polar surface area (TPSA) is 0 Å². The van der Waals surface area contributed by atoms with E-state index in [1.165, 1.54) is 13.8 Å². The maximum absolute atomic E-state index is 14.5. The predicted octanol–water partition coefficient (Wildman–Crippen LogP) is 6.68. The molecule has 0 unspecified atom stereocenters. The Bertz CT molecular complexity index is 734. The van der Waals surface area contributed by atoms with Crippen LogP contribution in [-0.2, 0) is 0 Å². The Labute approximate surface area is 149 Å². The normalized spacial score (nSPS) is 27.4. The van der Waals surface area contributed by atoms with Gasteiger partial charge in [0.25, 0.3) is 0 Å². The zero-order valence-corrected chi connectivity index (χ0v) is 14.8. The summed E-state index contributed by atoms with van der Waals surface area (Å²) in [5.74, 6) is -15.6. The lowest BCUT2D eigenvalue weighted by Crippen LogP contribution is -2.49.